The molecule has 0 spiro atoms. The minimum atomic E-state index is -0.884. The number of aliphatic carboxylic acids is 1. The molecule has 1 fully saturated rings. The molecule has 5 rings (SSSR count). The van der Waals surface area contributed by atoms with Crippen molar-refractivity contribution in [1.29, 1.82) is 0 Å². The summed E-state index contributed by atoms with van der Waals surface area (Å²) in [6.45, 7) is 3.84. The fourth-order valence-electron chi connectivity index (χ4n) is 4.42. The average Bonchev–Trinajstić information content (AvgIpc) is 3.23. The van der Waals surface area contributed by atoms with Gasteiger partial charge in [0.1, 0.15) is 17.9 Å². The van der Waals surface area contributed by atoms with Gasteiger partial charge >= 0.3 is 5.97 Å². The second kappa shape index (κ2) is 9.71. The van der Waals surface area contributed by atoms with E-state index in [2.05, 4.69) is 29.2 Å². The van der Waals surface area contributed by atoms with Gasteiger partial charge < -0.3 is 20.0 Å². The number of rotatable bonds is 9. The number of nitrogens with zero attached hydrogens (tertiary/aromatic N) is 1. The number of nitrogens with two attached hydrogens (primary N) is 1. The van der Waals surface area contributed by atoms with Crippen LogP contribution in [-0.2, 0) is 30.9 Å². The molecule has 34 heavy (non-hydrogen) atoms. The monoisotopic (exact) mass is 456 g/mol. The minimum Gasteiger partial charge on any atom is -0.488 e. The summed E-state index contributed by atoms with van der Waals surface area (Å²) in [5, 5.41) is 10.2. The fourth-order valence-corrected chi connectivity index (χ4v) is 4.42. The molecular weight excluding hydrogens is 428 g/mol. The van der Waals surface area contributed by atoms with Crippen LogP contribution in [0.25, 0.3) is 22.1 Å². The largest absolute Gasteiger partial charge is 0.488 e. The van der Waals surface area contributed by atoms with E-state index in [0.29, 0.717) is 24.5 Å². The maximum Gasteiger partial charge on any atom is 0.307 e. The van der Waals surface area contributed by atoms with Crippen molar-refractivity contribution in [3.05, 3.63) is 89.2 Å². The lowest BCUT2D eigenvalue weighted by Crippen LogP contribution is -2.36. The standard InChI is InChI=1S/C28H28N2O4/c29-15-19-5-3-7-20(11-19)22-12-23(16-30-9-4-10-30)28-25(13-22)24(18-34-28)17-33-26-8-2-1-6-21(26)14-27(31)32/h1-3,5-8,11-13,18H,4,9-10,14-17,29H2,(H,31,32). The van der Waals surface area contributed by atoms with Gasteiger partial charge in [-0.1, -0.05) is 36.4 Å². The first-order valence-corrected chi connectivity index (χ1v) is 11.6. The average molecular weight is 457 g/mol. The van der Waals surface area contributed by atoms with E-state index >= 15 is 0 Å². The summed E-state index contributed by atoms with van der Waals surface area (Å²) in [7, 11) is 0. The topological polar surface area (TPSA) is 88.9 Å². The van der Waals surface area contributed by atoms with Crippen molar-refractivity contribution in [1.82, 2.24) is 4.90 Å². The van der Waals surface area contributed by atoms with E-state index in [0.717, 1.165) is 58.4 Å². The van der Waals surface area contributed by atoms with Crippen molar-refractivity contribution in [2.75, 3.05) is 13.1 Å². The zero-order chi connectivity index (χ0) is 23.5. The van der Waals surface area contributed by atoms with Crippen molar-refractivity contribution < 1.29 is 19.1 Å². The van der Waals surface area contributed by atoms with E-state index in [1.807, 2.05) is 24.3 Å². The van der Waals surface area contributed by atoms with E-state index < -0.39 is 5.97 Å². The van der Waals surface area contributed by atoms with Crippen molar-refractivity contribution in [3.8, 4) is 16.9 Å². The summed E-state index contributed by atoms with van der Waals surface area (Å²) in [6.07, 6.45) is 2.91. The second-order valence-electron chi connectivity index (χ2n) is 8.77. The predicted octanol–water partition coefficient (Wildman–Crippen LogP) is 4.97. The first-order valence-electron chi connectivity index (χ1n) is 11.6. The van der Waals surface area contributed by atoms with Gasteiger partial charge in [0, 0.05) is 35.2 Å². The van der Waals surface area contributed by atoms with Gasteiger partial charge in [-0.05, 0) is 60.5 Å². The summed E-state index contributed by atoms with van der Waals surface area (Å²) in [5.74, 6) is -0.309. The molecule has 174 valence electrons. The molecule has 3 aromatic carbocycles. The van der Waals surface area contributed by atoms with Crippen molar-refractivity contribution in [2.45, 2.75) is 32.5 Å². The van der Waals surface area contributed by atoms with E-state index in [-0.39, 0.29) is 6.42 Å². The normalized spacial score (nSPS) is 13.7. The molecule has 0 unspecified atom stereocenters. The van der Waals surface area contributed by atoms with Gasteiger partial charge in [-0.15, -0.1) is 0 Å². The molecule has 1 aliphatic heterocycles. The Labute approximate surface area is 198 Å². The van der Waals surface area contributed by atoms with Crippen molar-refractivity contribution >= 4 is 16.9 Å². The highest BCUT2D eigenvalue weighted by molar-refractivity contribution is 5.89. The van der Waals surface area contributed by atoms with Gasteiger partial charge in [-0.25, -0.2) is 0 Å². The molecule has 1 saturated heterocycles. The number of ether oxygens (including phenoxy) is 1. The number of carboxylic acid groups (broad SMARTS) is 1. The Balaban J connectivity index is 1.50. The van der Waals surface area contributed by atoms with Crippen LogP contribution < -0.4 is 10.5 Å². The molecule has 0 aliphatic carbocycles. The van der Waals surface area contributed by atoms with Crippen molar-refractivity contribution in [3.63, 3.8) is 0 Å². The lowest BCUT2D eigenvalue weighted by Gasteiger charge is -2.30. The number of para-hydroxylation sites is 1. The Hall–Kier alpha value is -3.61. The Kier molecular flexibility index (Phi) is 6.34. The van der Waals surface area contributed by atoms with Crippen LogP contribution in [0, 0.1) is 0 Å². The quantitative estimate of drug-likeness (QED) is 0.370. The molecule has 1 aromatic heterocycles. The van der Waals surface area contributed by atoms with Gasteiger partial charge in [0.25, 0.3) is 0 Å². The number of carboxylic acids is 1. The van der Waals surface area contributed by atoms with Gasteiger partial charge in [0.2, 0.25) is 0 Å². The maximum absolute atomic E-state index is 11.2. The van der Waals surface area contributed by atoms with Crippen LogP contribution in [0.1, 0.15) is 28.7 Å². The van der Waals surface area contributed by atoms with Crippen LogP contribution >= 0.6 is 0 Å². The number of furan rings is 1. The van der Waals surface area contributed by atoms with E-state index in [1.54, 1.807) is 18.4 Å². The van der Waals surface area contributed by atoms with Crippen LogP contribution in [0.15, 0.2) is 71.3 Å². The number of hydrogen-bond donors (Lipinski definition) is 2. The van der Waals surface area contributed by atoms with Crippen LogP contribution in [-0.4, -0.2) is 29.1 Å². The summed E-state index contributed by atoms with van der Waals surface area (Å²) >= 11 is 0. The Morgan fingerprint density at radius 1 is 1.00 bits per heavy atom. The van der Waals surface area contributed by atoms with Gasteiger partial charge in [0.15, 0.2) is 0 Å². The molecule has 6 heteroatoms. The molecule has 0 atom stereocenters. The zero-order valence-electron chi connectivity index (χ0n) is 19.0. The third-order valence-electron chi connectivity index (χ3n) is 6.37. The van der Waals surface area contributed by atoms with Gasteiger partial charge in [0.05, 0.1) is 12.7 Å². The van der Waals surface area contributed by atoms with Crippen molar-refractivity contribution in [2.24, 2.45) is 5.73 Å². The summed E-state index contributed by atoms with van der Waals surface area (Å²) in [6, 6.07) is 19.9. The number of fused-ring (bicyclic) bond motifs is 1. The molecule has 0 amide bonds. The van der Waals surface area contributed by atoms with Gasteiger partial charge in [-0.3, -0.25) is 9.69 Å². The molecule has 0 radical (unpaired) electrons. The van der Waals surface area contributed by atoms with E-state index in [4.69, 9.17) is 14.9 Å². The highest BCUT2D eigenvalue weighted by Gasteiger charge is 2.19. The SMILES string of the molecule is NCc1cccc(-c2cc(CN3CCC3)c3occ(COc4ccccc4CC(=O)O)c3c2)c1. The number of carbonyl (C=O) groups is 1. The zero-order valence-corrected chi connectivity index (χ0v) is 19.0. The fraction of sp³-hybridized carbons (Fsp3) is 0.250. The third-order valence-corrected chi connectivity index (χ3v) is 6.37. The lowest BCUT2D eigenvalue weighted by atomic mass is 9.97. The molecule has 3 N–H and O–H groups in total. The predicted molar refractivity (Wildman–Crippen MR) is 132 cm³/mol. The lowest BCUT2D eigenvalue weighted by molar-refractivity contribution is -0.136. The Morgan fingerprint density at radius 2 is 1.85 bits per heavy atom. The summed E-state index contributed by atoms with van der Waals surface area (Å²) in [5.41, 5.74) is 12.8. The molecular formula is C28H28N2O4. The number of benzene rings is 3. The summed E-state index contributed by atoms with van der Waals surface area (Å²) < 4.78 is 12.1. The van der Waals surface area contributed by atoms with E-state index in [9.17, 15) is 9.90 Å². The third kappa shape index (κ3) is 4.69. The molecule has 4 aromatic rings. The second-order valence-corrected chi connectivity index (χ2v) is 8.77. The van der Waals surface area contributed by atoms with Crippen LogP contribution in [0.4, 0.5) is 0 Å². The molecule has 0 bridgehead atoms. The smallest absolute Gasteiger partial charge is 0.307 e. The van der Waals surface area contributed by atoms with Gasteiger partial charge in [-0.2, -0.15) is 0 Å². The Bertz CT molecular complexity index is 1320. The van der Waals surface area contributed by atoms with Crippen LogP contribution in [0.2, 0.25) is 0 Å². The molecule has 0 saturated carbocycles. The minimum absolute atomic E-state index is 0.0794. The molecule has 2 heterocycles. The first kappa shape index (κ1) is 22.2. The highest BCUT2D eigenvalue weighted by atomic mass is 16.5. The molecule has 1 aliphatic rings. The number of likely N-dealkylation sites (tertiary alicyclic amines) is 1. The van der Waals surface area contributed by atoms with Crippen LogP contribution in [0.3, 0.4) is 0 Å². The maximum atomic E-state index is 11.2. The first-order chi connectivity index (χ1) is 16.6. The summed E-state index contributed by atoms with van der Waals surface area (Å²) in [4.78, 5) is 13.6. The van der Waals surface area contributed by atoms with E-state index in [1.165, 1.54) is 6.42 Å². The Morgan fingerprint density at radius 3 is 2.62 bits per heavy atom. The number of hydrogen-bond acceptors (Lipinski definition) is 5. The highest BCUT2D eigenvalue weighted by Crippen LogP contribution is 2.34. The van der Waals surface area contributed by atoms with Crippen LogP contribution in [0.5, 0.6) is 5.75 Å². The molecule has 6 nitrogen and oxygen atoms in total.